The number of anilines is 1. The van der Waals surface area contributed by atoms with Crippen LogP contribution in [0.3, 0.4) is 0 Å². The van der Waals surface area contributed by atoms with Gasteiger partial charge < -0.3 is 5.32 Å². The second-order valence-corrected chi connectivity index (χ2v) is 5.28. The summed E-state index contributed by atoms with van der Waals surface area (Å²) in [7, 11) is 0. The molecular weight excluding hydrogens is 266 g/mol. The van der Waals surface area contributed by atoms with Crippen molar-refractivity contribution in [3.63, 3.8) is 0 Å². The maximum atomic E-state index is 12.1. The maximum Gasteiger partial charge on any atom is 0.188 e. The molecule has 0 amide bonds. The topological polar surface area (TPSA) is 29.1 Å². The van der Waals surface area contributed by atoms with Crippen molar-refractivity contribution in [3.8, 4) is 0 Å². The molecule has 2 rings (SSSR count). The van der Waals surface area contributed by atoms with Crippen molar-refractivity contribution >= 4 is 23.2 Å². The van der Waals surface area contributed by atoms with Crippen LogP contribution in [-0.2, 0) is 0 Å². The van der Waals surface area contributed by atoms with Gasteiger partial charge in [0, 0.05) is 17.3 Å². The van der Waals surface area contributed by atoms with E-state index in [0.717, 1.165) is 10.7 Å². The number of hydrogen-bond donors (Lipinski definition) is 1. The first-order valence-electron chi connectivity index (χ1n) is 6.38. The molecule has 2 aromatic carbocycles. The minimum absolute atomic E-state index is 0.00885. The second kappa shape index (κ2) is 6.96. The zero-order valence-electron chi connectivity index (χ0n) is 11.6. The molecular formula is C17H17NOS. The van der Waals surface area contributed by atoms with E-state index in [1.54, 1.807) is 6.08 Å². The predicted octanol–water partition coefficient (Wildman–Crippen LogP) is 4.49. The van der Waals surface area contributed by atoms with Gasteiger partial charge in [-0.1, -0.05) is 48.0 Å². The SMILES string of the molecule is CS/C(=C\C(=O)c1ccccc1)Nc1ccc(C)cc1. The summed E-state index contributed by atoms with van der Waals surface area (Å²) in [5.41, 5.74) is 2.90. The third-order valence-corrected chi connectivity index (χ3v) is 3.52. The average Bonchev–Trinajstić information content (AvgIpc) is 2.49. The van der Waals surface area contributed by atoms with Crippen LogP contribution in [0.5, 0.6) is 0 Å². The Kier molecular flexibility index (Phi) is 5.02. The third-order valence-electron chi connectivity index (χ3n) is 2.86. The Morgan fingerprint density at radius 2 is 1.70 bits per heavy atom. The van der Waals surface area contributed by atoms with Crippen molar-refractivity contribution in [2.45, 2.75) is 6.92 Å². The Morgan fingerprint density at radius 3 is 2.30 bits per heavy atom. The van der Waals surface area contributed by atoms with Gasteiger partial charge in [0.25, 0.3) is 0 Å². The largest absolute Gasteiger partial charge is 0.350 e. The van der Waals surface area contributed by atoms with E-state index in [2.05, 4.69) is 5.32 Å². The number of carbonyl (C=O) groups is 1. The first-order chi connectivity index (χ1) is 9.69. The van der Waals surface area contributed by atoms with Gasteiger partial charge in [-0.3, -0.25) is 4.79 Å². The molecule has 0 aliphatic rings. The van der Waals surface area contributed by atoms with Gasteiger partial charge in [-0.15, -0.1) is 11.8 Å². The summed E-state index contributed by atoms with van der Waals surface area (Å²) in [6.45, 7) is 2.05. The smallest absolute Gasteiger partial charge is 0.188 e. The van der Waals surface area contributed by atoms with E-state index in [9.17, 15) is 4.79 Å². The highest BCUT2D eigenvalue weighted by Crippen LogP contribution is 2.18. The average molecular weight is 283 g/mol. The molecule has 0 unspecified atom stereocenters. The lowest BCUT2D eigenvalue weighted by atomic mass is 10.1. The molecule has 0 aliphatic carbocycles. The lowest BCUT2D eigenvalue weighted by molar-refractivity contribution is 0.104. The number of ketones is 1. The highest BCUT2D eigenvalue weighted by atomic mass is 32.2. The third kappa shape index (κ3) is 4.00. The minimum atomic E-state index is 0.00885. The predicted molar refractivity (Wildman–Crippen MR) is 87.2 cm³/mol. The van der Waals surface area contributed by atoms with E-state index < -0.39 is 0 Å². The quantitative estimate of drug-likeness (QED) is 0.647. The van der Waals surface area contributed by atoms with Gasteiger partial charge in [-0.05, 0) is 25.3 Å². The van der Waals surface area contributed by atoms with E-state index in [0.29, 0.717) is 5.56 Å². The lowest BCUT2D eigenvalue weighted by Gasteiger charge is -2.08. The van der Waals surface area contributed by atoms with Crippen molar-refractivity contribution in [3.05, 3.63) is 76.8 Å². The van der Waals surface area contributed by atoms with Gasteiger partial charge in [0.15, 0.2) is 5.78 Å². The summed E-state index contributed by atoms with van der Waals surface area (Å²) >= 11 is 1.52. The molecule has 102 valence electrons. The van der Waals surface area contributed by atoms with E-state index in [1.807, 2.05) is 67.8 Å². The van der Waals surface area contributed by atoms with Crippen molar-refractivity contribution in [2.75, 3.05) is 11.6 Å². The molecule has 0 radical (unpaired) electrons. The fourth-order valence-electron chi connectivity index (χ4n) is 1.73. The lowest BCUT2D eigenvalue weighted by Crippen LogP contribution is -2.01. The zero-order valence-corrected chi connectivity index (χ0v) is 12.4. The van der Waals surface area contributed by atoms with Crippen molar-refractivity contribution in [1.29, 1.82) is 0 Å². The molecule has 0 bridgehead atoms. The molecule has 0 heterocycles. The van der Waals surface area contributed by atoms with Gasteiger partial charge in [-0.2, -0.15) is 0 Å². The van der Waals surface area contributed by atoms with Crippen LogP contribution in [0.15, 0.2) is 65.7 Å². The highest BCUT2D eigenvalue weighted by molar-refractivity contribution is 8.02. The summed E-state index contributed by atoms with van der Waals surface area (Å²) in [4.78, 5) is 12.1. The number of thioether (sulfide) groups is 1. The first-order valence-corrected chi connectivity index (χ1v) is 7.60. The number of rotatable bonds is 5. The molecule has 0 spiro atoms. The van der Waals surface area contributed by atoms with Crippen LogP contribution in [-0.4, -0.2) is 12.0 Å². The standard InChI is InChI=1S/C17H17NOS/c1-13-8-10-15(11-9-13)18-17(20-2)12-16(19)14-6-4-3-5-7-14/h3-12,18H,1-2H3/b17-12-. The number of allylic oxidation sites excluding steroid dienone is 1. The van der Waals surface area contributed by atoms with Crippen LogP contribution in [0, 0.1) is 6.92 Å². The van der Waals surface area contributed by atoms with E-state index >= 15 is 0 Å². The first kappa shape index (κ1) is 14.4. The summed E-state index contributed by atoms with van der Waals surface area (Å²) < 4.78 is 0. The molecule has 0 saturated carbocycles. The molecule has 20 heavy (non-hydrogen) atoms. The monoisotopic (exact) mass is 283 g/mol. The molecule has 0 fully saturated rings. The molecule has 1 N–H and O–H groups in total. The number of nitrogens with one attached hydrogen (secondary N) is 1. The Balaban J connectivity index is 2.13. The van der Waals surface area contributed by atoms with E-state index in [-0.39, 0.29) is 5.78 Å². The highest BCUT2D eigenvalue weighted by Gasteiger charge is 2.04. The molecule has 0 aliphatic heterocycles. The van der Waals surface area contributed by atoms with Crippen molar-refractivity contribution in [1.82, 2.24) is 0 Å². The summed E-state index contributed by atoms with van der Waals surface area (Å²) in [5.74, 6) is 0.00885. The number of carbonyl (C=O) groups excluding carboxylic acids is 1. The number of benzene rings is 2. The Morgan fingerprint density at radius 1 is 1.05 bits per heavy atom. The van der Waals surface area contributed by atoms with E-state index in [1.165, 1.54) is 17.3 Å². The van der Waals surface area contributed by atoms with Crippen LogP contribution in [0.1, 0.15) is 15.9 Å². The number of aryl methyl sites for hydroxylation is 1. The van der Waals surface area contributed by atoms with Crippen LogP contribution >= 0.6 is 11.8 Å². The van der Waals surface area contributed by atoms with E-state index in [4.69, 9.17) is 0 Å². The maximum absolute atomic E-state index is 12.1. The van der Waals surface area contributed by atoms with Crippen LogP contribution < -0.4 is 5.32 Å². The summed E-state index contributed by atoms with van der Waals surface area (Å²) in [6, 6.07) is 17.4. The molecule has 2 aromatic rings. The van der Waals surface area contributed by atoms with Gasteiger partial charge in [0.1, 0.15) is 0 Å². The van der Waals surface area contributed by atoms with Gasteiger partial charge in [-0.25, -0.2) is 0 Å². The molecule has 0 aromatic heterocycles. The summed E-state index contributed by atoms with van der Waals surface area (Å²) in [5, 5.41) is 4.10. The van der Waals surface area contributed by atoms with Crippen LogP contribution in [0.2, 0.25) is 0 Å². The van der Waals surface area contributed by atoms with Gasteiger partial charge >= 0.3 is 0 Å². The fourth-order valence-corrected chi connectivity index (χ4v) is 2.17. The van der Waals surface area contributed by atoms with Gasteiger partial charge in [0.2, 0.25) is 0 Å². The van der Waals surface area contributed by atoms with Crippen LogP contribution in [0.25, 0.3) is 0 Å². The second-order valence-electron chi connectivity index (χ2n) is 4.43. The molecule has 0 atom stereocenters. The minimum Gasteiger partial charge on any atom is -0.350 e. The molecule has 2 nitrogen and oxygen atoms in total. The Bertz CT molecular complexity index is 603. The fraction of sp³-hybridized carbons (Fsp3) is 0.118. The summed E-state index contributed by atoms with van der Waals surface area (Å²) in [6.07, 6.45) is 3.59. The zero-order chi connectivity index (χ0) is 14.4. The normalized spacial score (nSPS) is 11.2. The van der Waals surface area contributed by atoms with Crippen molar-refractivity contribution in [2.24, 2.45) is 0 Å². The van der Waals surface area contributed by atoms with Gasteiger partial charge in [0.05, 0.1) is 5.03 Å². The Labute approximate surface area is 123 Å². The van der Waals surface area contributed by atoms with Crippen molar-refractivity contribution < 1.29 is 4.79 Å². The molecule has 0 saturated heterocycles. The molecule has 3 heteroatoms. The number of hydrogen-bond acceptors (Lipinski definition) is 3. The van der Waals surface area contributed by atoms with Crippen LogP contribution in [0.4, 0.5) is 5.69 Å². The Hall–Kier alpha value is -2.00.